The first kappa shape index (κ1) is 12.2. The largest absolute Gasteiger partial charge is 0.481 e. The smallest absolute Gasteiger partial charge is 0.305 e. The summed E-state index contributed by atoms with van der Waals surface area (Å²) in [5.41, 5.74) is -0.0812. The fourth-order valence-corrected chi connectivity index (χ4v) is 2.32. The lowest BCUT2D eigenvalue weighted by atomic mass is 10.3. The van der Waals surface area contributed by atoms with Gasteiger partial charge >= 0.3 is 5.97 Å². The highest BCUT2D eigenvalue weighted by molar-refractivity contribution is 5.67. The van der Waals surface area contributed by atoms with Crippen LogP contribution in [-0.4, -0.2) is 33.2 Å². The number of carboxylic acids is 1. The molecule has 2 aliphatic carbocycles. The maximum absolute atomic E-state index is 12.4. The van der Waals surface area contributed by atoms with E-state index < -0.39 is 5.97 Å². The summed E-state index contributed by atoms with van der Waals surface area (Å²) >= 11 is 0. The molecule has 2 saturated carbocycles. The Morgan fingerprint density at radius 1 is 1.42 bits per heavy atom. The Hall–Kier alpha value is -1.85. The van der Waals surface area contributed by atoms with Crippen LogP contribution in [0.3, 0.4) is 0 Å². The van der Waals surface area contributed by atoms with Crippen LogP contribution >= 0.6 is 0 Å². The van der Waals surface area contributed by atoms with Crippen LogP contribution in [0.5, 0.6) is 0 Å². The first-order valence-electron chi connectivity index (χ1n) is 6.72. The fraction of sp³-hybridized carbons (Fsp3) is 0.615. The molecule has 19 heavy (non-hydrogen) atoms. The van der Waals surface area contributed by atoms with Crippen molar-refractivity contribution in [3.8, 4) is 0 Å². The van der Waals surface area contributed by atoms with Gasteiger partial charge in [0.05, 0.1) is 6.42 Å². The van der Waals surface area contributed by atoms with Gasteiger partial charge in [0.25, 0.3) is 5.56 Å². The van der Waals surface area contributed by atoms with Crippen LogP contribution < -0.4 is 10.5 Å². The van der Waals surface area contributed by atoms with E-state index in [4.69, 9.17) is 5.11 Å². The lowest BCUT2D eigenvalue weighted by Gasteiger charge is -2.22. The summed E-state index contributed by atoms with van der Waals surface area (Å²) < 4.78 is 1.73. The first-order chi connectivity index (χ1) is 9.16. The lowest BCUT2D eigenvalue weighted by Crippen LogP contribution is -2.36. The standard InChI is InChI=1S/C13H17N3O3/c17-11(18)5-7-15(9-1-2-9)12-13(19)16(8-6-14-12)10-3-4-10/h6,8-10H,1-5,7H2,(H,17,18). The van der Waals surface area contributed by atoms with Gasteiger partial charge in [-0.05, 0) is 25.7 Å². The van der Waals surface area contributed by atoms with Gasteiger partial charge in [0.1, 0.15) is 0 Å². The van der Waals surface area contributed by atoms with Crippen molar-refractivity contribution in [2.75, 3.05) is 11.4 Å². The maximum Gasteiger partial charge on any atom is 0.305 e. The SMILES string of the molecule is O=C(O)CCN(c1nccn(C2CC2)c1=O)C1CC1. The van der Waals surface area contributed by atoms with Gasteiger partial charge in [-0.15, -0.1) is 0 Å². The molecule has 0 radical (unpaired) electrons. The molecule has 3 rings (SSSR count). The number of rotatable bonds is 6. The van der Waals surface area contributed by atoms with Gasteiger partial charge in [-0.3, -0.25) is 9.59 Å². The van der Waals surface area contributed by atoms with E-state index >= 15 is 0 Å². The summed E-state index contributed by atoms with van der Waals surface area (Å²) in [6, 6.07) is 0.601. The van der Waals surface area contributed by atoms with Crippen molar-refractivity contribution < 1.29 is 9.90 Å². The Labute approximate surface area is 110 Å². The summed E-state index contributed by atoms with van der Waals surface area (Å²) in [5.74, 6) is -0.428. The van der Waals surface area contributed by atoms with Gasteiger partial charge in [-0.2, -0.15) is 0 Å². The van der Waals surface area contributed by atoms with Crippen LogP contribution in [-0.2, 0) is 4.79 Å². The molecular formula is C13H17N3O3. The molecule has 6 heteroatoms. The van der Waals surface area contributed by atoms with Crippen molar-refractivity contribution in [2.24, 2.45) is 0 Å². The molecule has 0 atom stereocenters. The number of aromatic nitrogens is 2. The van der Waals surface area contributed by atoms with Gasteiger partial charge in [0.2, 0.25) is 0 Å². The second-order valence-electron chi connectivity index (χ2n) is 5.26. The Bertz CT molecular complexity index is 546. The van der Waals surface area contributed by atoms with E-state index in [1.807, 2.05) is 4.90 Å². The lowest BCUT2D eigenvalue weighted by molar-refractivity contribution is -0.136. The Morgan fingerprint density at radius 2 is 2.16 bits per heavy atom. The number of hydrogen-bond donors (Lipinski definition) is 1. The van der Waals surface area contributed by atoms with Crippen LogP contribution in [0.25, 0.3) is 0 Å². The third-order valence-electron chi connectivity index (χ3n) is 3.62. The Kier molecular flexibility index (Phi) is 3.00. The summed E-state index contributed by atoms with van der Waals surface area (Å²) in [4.78, 5) is 29.2. The van der Waals surface area contributed by atoms with E-state index in [9.17, 15) is 9.59 Å². The van der Waals surface area contributed by atoms with Crippen LogP contribution in [0.1, 0.15) is 38.1 Å². The first-order valence-corrected chi connectivity index (χ1v) is 6.72. The molecule has 0 aromatic carbocycles. The minimum atomic E-state index is -0.843. The molecule has 0 amide bonds. The number of nitrogens with zero attached hydrogens (tertiary/aromatic N) is 3. The minimum absolute atomic E-state index is 0.0376. The highest BCUT2D eigenvalue weighted by Gasteiger charge is 2.33. The zero-order valence-electron chi connectivity index (χ0n) is 10.7. The summed E-state index contributed by atoms with van der Waals surface area (Å²) in [7, 11) is 0. The van der Waals surface area contributed by atoms with Crippen molar-refractivity contribution in [2.45, 2.75) is 44.2 Å². The van der Waals surface area contributed by atoms with Crippen molar-refractivity contribution in [1.82, 2.24) is 9.55 Å². The molecule has 0 bridgehead atoms. The molecule has 0 saturated heterocycles. The van der Waals surface area contributed by atoms with Crippen molar-refractivity contribution in [3.05, 3.63) is 22.7 Å². The summed E-state index contributed by atoms with van der Waals surface area (Å²) in [6.45, 7) is 0.358. The van der Waals surface area contributed by atoms with Gasteiger partial charge in [0, 0.05) is 31.0 Å². The molecule has 2 aliphatic rings. The van der Waals surface area contributed by atoms with Crippen molar-refractivity contribution in [3.63, 3.8) is 0 Å². The predicted octanol–water partition coefficient (Wildman–Crippen LogP) is 1.02. The maximum atomic E-state index is 12.4. The fourth-order valence-electron chi connectivity index (χ4n) is 2.32. The van der Waals surface area contributed by atoms with Crippen LogP contribution in [0.4, 0.5) is 5.82 Å². The molecule has 6 nitrogen and oxygen atoms in total. The molecule has 2 fully saturated rings. The second-order valence-corrected chi connectivity index (χ2v) is 5.26. The van der Waals surface area contributed by atoms with Crippen molar-refractivity contribution in [1.29, 1.82) is 0 Å². The molecule has 102 valence electrons. The Morgan fingerprint density at radius 3 is 2.74 bits per heavy atom. The number of carboxylic acid groups (broad SMARTS) is 1. The highest BCUT2D eigenvalue weighted by Crippen LogP contribution is 2.34. The van der Waals surface area contributed by atoms with E-state index in [-0.39, 0.29) is 18.0 Å². The normalized spacial score (nSPS) is 18.3. The number of carbonyl (C=O) groups is 1. The molecule has 1 N–H and O–H groups in total. The number of aliphatic carboxylic acids is 1. The number of anilines is 1. The average Bonchev–Trinajstić information content (AvgIpc) is 3.24. The molecular weight excluding hydrogens is 246 g/mol. The van der Waals surface area contributed by atoms with E-state index in [1.165, 1.54) is 0 Å². The average molecular weight is 263 g/mol. The van der Waals surface area contributed by atoms with E-state index in [1.54, 1.807) is 17.0 Å². The zero-order valence-corrected chi connectivity index (χ0v) is 10.7. The van der Waals surface area contributed by atoms with Crippen LogP contribution in [0, 0.1) is 0 Å². The van der Waals surface area contributed by atoms with Gasteiger partial charge in [-0.1, -0.05) is 0 Å². The van der Waals surface area contributed by atoms with Crippen molar-refractivity contribution >= 4 is 11.8 Å². The van der Waals surface area contributed by atoms with E-state index in [0.29, 0.717) is 18.4 Å². The third kappa shape index (κ3) is 2.62. The monoisotopic (exact) mass is 263 g/mol. The number of hydrogen-bond acceptors (Lipinski definition) is 4. The molecule has 1 heterocycles. The Balaban J connectivity index is 1.87. The molecule has 1 aromatic rings. The second kappa shape index (κ2) is 4.68. The van der Waals surface area contributed by atoms with Gasteiger partial charge in [0.15, 0.2) is 5.82 Å². The van der Waals surface area contributed by atoms with Gasteiger partial charge < -0.3 is 14.6 Å². The van der Waals surface area contributed by atoms with E-state index in [0.717, 1.165) is 25.7 Å². The molecule has 0 unspecified atom stereocenters. The summed E-state index contributed by atoms with van der Waals surface area (Å²) in [5, 5.41) is 8.80. The van der Waals surface area contributed by atoms with Crippen LogP contribution in [0.15, 0.2) is 17.2 Å². The van der Waals surface area contributed by atoms with E-state index in [2.05, 4.69) is 4.98 Å². The van der Waals surface area contributed by atoms with Gasteiger partial charge in [-0.25, -0.2) is 4.98 Å². The summed E-state index contributed by atoms with van der Waals surface area (Å²) in [6.07, 6.45) is 7.52. The van der Waals surface area contributed by atoms with Crippen LogP contribution in [0.2, 0.25) is 0 Å². The topological polar surface area (TPSA) is 75.4 Å². The minimum Gasteiger partial charge on any atom is -0.481 e. The zero-order chi connectivity index (χ0) is 13.4. The highest BCUT2D eigenvalue weighted by atomic mass is 16.4. The molecule has 1 aromatic heterocycles. The molecule has 0 spiro atoms. The third-order valence-corrected chi connectivity index (χ3v) is 3.62. The predicted molar refractivity (Wildman–Crippen MR) is 69.4 cm³/mol. The quantitative estimate of drug-likeness (QED) is 0.829. The molecule has 0 aliphatic heterocycles.